The van der Waals surface area contributed by atoms with E-state index in [0.29, 0.717) is 18.2 Å². The van der Waals surface area contributed by atoms with Crippen molar-refractivity contribution in [2.45, 2.75) is 51.3 Å². The number of hydrogen-bond acceptors (Lipinski definition) is 3. The molecule has 3 rings (SSSR count). The lowest BCUT2D eigenvalue weighted by molar-refractivity contribution is 0.235. The van der Waals surface area contributed by atoms with E-state index in [2.05, 4.69) is 5.32 Å². The molecular formula is C18H24FN3O. The molecule has 5 heteroatoms. The first-order chi connectivity index (χ1) is 11.3. The Morgan fingerprint density at radius 1 is 1.26 bits per heavy atom. The second-order valence-corrected chi connectivity index (χ2v) is 6.12. The minimum Gasteiger partial charge on any atom is -0.473 e. The van der Waals surface area contributed by atoms with Gasteiger partial charge in [-0.2, -0.15) is 5.10 Å². The molecule has 0 amide bonds. The van der Waals surface area contributed by atoms with Gasteiger partial charge in [0.15, 0.2) is 0 Å². The van der Waals surface area contributed by atoms with Crippen molar-refractivity contribution in [2.75, 3.05) is 7.05 Å². The van der Waals surface area contributed by atoms with Crippen molar-refractivity contribution in [3.63, 3.8) is 0 Å². The summed E-state index contributed by atoms with van der Waals surface area (Å²) in [5.41, 5.74) is 1.53. The first-order valence-corrected chi connectivity index (χ1v) is 8.37. The van der Waals surface area contributed by atoms with Crippen LogP contribution in [0.15, 0.2) is 30.3 Å². The van der Waals surface area contributed by atoms with Crippen molar-refractivity contribution in [1.29, 1.82) is 0 Å². The number of hydrogen-bond donors (Lipinski definition) is 1. The molecule has 1 aromatic carbocycles. The smallest absolute Gasteiger partial charge is 0.212 e. The van der Waals surface area contributed by atoms with Gasteiger partial charge in [-0.25, -0.2) is 9.07 Å². The maximum atomic E-state index is 13.8. The van der Waals surface area contributed by atoms with Gasteiger partial charge in [0, 0.05) is 18.2 Å². The van der Waals surface area contributed by atoms with Crippen LogP contribution in [0.4, 0.5) is 4.39 Å². The highest BCUT2D eigenvalue weighted by Gasteiger charge is 2.21. The Morgan fingerprint density at radius 2 is 2.04 bits per heavy atom. The fourth-order valence-corrected chi connectivity index (χ4v) is 3.15. The van der Waals surface area contributed by atoms with Gasteiger partial charge >= 0.3 is 0 Å². The van der Waals surface area contributed by atoms with Crippen molar-refractivity contribution in [3.8, 4) is 5.88 Å². The fraction of sp³-hybridized carbons (Fsp3) is 0.500. The molecule has 1 heterocycles. The summed E-state index contributed by atoms with van der Waals surface area (Å²) in [6, 6.07) is 9.09. The summed E-state index contributed by atoms with van der Waals surface area (Å²) in [6.07, 6.45) is 6.04. The van der Waals surface area contributed by atoms with Crippen molar-refractivity contribution < 1.29 is 9.13 Å². The zero-order chi connectivity index (χ0) is 16.1. The Hall–Kier alpha value is -1.88. The Labute approximate surface area is 136 Å². The van der Waals surface area contributed by atoms with E-state index in [0.717, 1.165) is 24.4 Å². The van der Waals surface area contributed by atoms with Crippen LogP contribution in [-0.4, -0.2) is 16.8 Å². The van der Waals surface area contributed by atoms with Crippen molar-refractivity contribution in [3.05, 3.63) is 47.4 Å². The number of ether oxygens (including phenoxy) is 1. The SMILES string of the molecule is CNCc1cc(OCc2ccccc2F)n(C2CCCCC2)n1. The number of rotatable bonds is 6. The first-order valence-electron chi connectivity index (χ1n) is 8.37. The van der Waals surface area contributed by atoms with Gasteiger partial charge < -0.3 is 10.1 Å². The minimum absolute atomic E-state index is 0.226. The van der Waals surface area contributed by atoms with Crippen LogP contribution < -0.4 is 10.1 Å². The van der Waals surface area contributed by atoms with Gasteiger partial charge in [-0.15, -0.1) is 0 Å². The van der Waals surface area contributed by atoms with Crippen molar-refractivity contribution in [1.82, 2.24) is 15.1 Å². The molecule has 0 atom stereocenters. The molecule has 1 aliphatic carbocycles. The highest BCUT2D eigenvalue weighted by atomic mass is 19.1. The quantitative estimate of drug-likeness (QED) is 0.880. The molecule has 2 aromatic rings. The van der Waals surface area contributed by atoms with Gasteiger partial charge in [0.25, 0.3) is 0 Å². The van der Waals surface area contributed by atoms with Gasteiger partial charge in [0.1, 0.15) is 12.4 Å². The summed E-state index contributed by atoms with van der Waals surface area (Å²) >= 11 is 0. The highest BCUT2D eigenvalue weighted by Crippen LogP contribution is 2.32. The maximum absolute atomic E-state index is 13.8. The van der Waals surface area contributed by atoms with Crippen LogP contribution in [0, 0.1) is 5.82 Å². The van der Waals surface area contributed by atoms with Gasteiger partial charge in [-0.1, -0.05) is 37.5 Å². The standard InChI is InChI=1S/C18H24FN3O/c1-20-12-15-11-18(22(21-15)16-8-3-2-4-9-16)23-13-14-7-5-6-10-17(14)19/h5-7,10-11,16,20H,2-4,8-9,12-13H2,1H3. The summed E-state index contributed by atoms with van der Waals surface area (Å²) in [5.74, 6) is 0.511. The monoisotopic (exact) mass is 317 g/mol. The Kier molecular flexibility index (Phi) is 5.28. The third kappa shape index (κ3) is 3.91. The molecule has 1 fully saturated rings. The third-order valence-electron chi connectivity index (χ3n) is 4.36. The maximum Gasteiger partial charge on any atom is 0.212 e. The number of nitrogens with zero attached hydrogens (tertiary/aromatic N) is 2. The van der Waals surface area contributed by atoms with E-state index < -0.39 is 0 Å². The number of aromatic nitrogens is 2. The van der Waals surface area contributed by atoms with E-state index in [1.54, 1.807) is 12.1 Å². The number of halogens is 1. The molecule has 1 saturated carbocycles. The second-order valence-electron chi connectivity index (χ2n) is 6.12. The highest BCUT2D eigenvalue weighted by molar-refractivity contribution is 5.20. The number of nitrogens with one attached hydrogen (secondary N) is 1. The summed E-state index contributed by atoms with van der Waals surface area (Å²) in [4.78, 5) is 0. The van der Waals surface area contributed by atoms with Crippen molar-refractivity contribution in [2.24, 2.45) is 0 Å². The van der Waals surface area contributed by atoms with Crippen LogP contribution in [0.5, 0.6) is 5.88 Å². The summed E-state index contributed by atoms with van der Waals surface area (Å²) in [7, 11) is 1.90. The van der Waals surface area contributed by atoms with Gasteiger partial charge in [0.05, 0.1) is 11.7 Å². The molecule has 0 unspecified atom stereocenters. The summed E-state index contributed by atoms with van der Waals surface area (Å²) < 4.78 is 21.7. The zero-order valence-corrected chi connectivity index (χ0v) is 13.6. The first kappa shape index (κ1) is 16.0. The average Bonchev–Trinajstić information content (AvgIpc) is 2.98. The van der Waals surface area contributed by atoms with E-state index in [1.165, 1.54) is 25.3 Å². The molecule has 4 nitrogen and oxygen atoms in total. The van der Waals surface area contributed by atoms with Gasteiger partial charge in [-0.05, 0) is 26.0 Å². The average molecular weight is 317 g/mol. The molecule has 0 bridgehead atoms. The third-order valence-corrected chi connectivity index (χ3v) is 4.36. The van der Waals surface area contributed by atoms with Crippen LogP contribution in [0.1, 0.15) is 49.4 Å². The second kappa shape index (κ2) is 7.59. The summed E-state index contributed by atoms with van der Waals surface area (Å²) in [5, 5.41) is 7.81. The molecular weight excluding hydrogens is 293 g/mol. The molecule has 1 aliphatic rings. The van der Waals surface area contributed by atoms with E-state index in [9.17, 15) is 4.39 Å². The Bertz CT molecular complexity index is 635. The number of benzene rings is 1. The van der Waals surface area contributed by atoms with Gasteiger partial charge in [0.2, 0.25) is 5.88 Å². The largest absolute Gasteiger partial charge is 0.473 e. The lowest BCUT2D eigenvalue weighted by atomic mass is 9.96. The Morgan fingerprint density at radius 3 is 2.78 bits per heavy atom. The normalized spacial score (nSPS) is 15.7. The van der Waals surface area contributed by atoms with E-state index in [1.807, 2.05) is 23.9 Å². The van der Waals surface area contributed by atoms with Gasteiger partial charge in [-0.3, -0.25) is 0 Å². The van der Waals surface area contributed by atoms with Crippen LogP contribution in [0.25, 0.3) is 0 Å². The molecule has 0 radical (unpaired) electrons. The predicted octanol–water partition coefficient (Wildman–Crippen LogP) is 3.83. The molecule has 23 heavy (non-hydrogen) atoms. The van der Waals surface area contributed by atoms with E-state index in [-0.39, 0.29) is 12.4 Å². The van der Waals surface area contributed by atoms with Crippen LogP contribution in [0.3, 0.4) is 0 Å². The van der Waals surface area contributed by atoms with Crippen LogP contribution in [0.2, 0.25) is 0 Å². The molecule has 0 spiro atoms. The van der Waals surface area contributed by atoms with Crippen LogP contribution >= 0.6 is 0 Å². The predicted molar refractivity (Wildman–Crippen MR) is 87.8 cm³/mol. The molecule has 0 aliphatic heterocycles. The minimum atomic E-state index is -0.230. The lowest BCUT2D eigenvalue weighted by Gasteiger charge is -2.23. The molecule has 1 aromatic heterocycles. The van der Waals surface area contributed by atoms with Crippen LogP contribution in [-0.2, 0) is 13.2 Å². The molecule has 124 valence electrons. The van der Waals surface area contributed by atoms with E-state index in [4.69, 9.17) is 9.84 Å². The summed E-state index contributed by atoms with van der Waals surface area (Å²) in [6.45, 7) is 0.930. The van der Waals surface area contributed by atoms with E-state index >= 15 is 0 Å². The fourth-order valence-electron chi connectivity index (χ4n) is 3.15. The lowest BCUT2D eigenvalue weighted by Crippen LogP contribution is -2.16. The molecule has 0 saturated heterocycles. The van der Waals surface area contributed by atoms with Crippen molar-refractivity contribution >= 4 is 0 Å². The zero-order valence-electron chi connectivity index (χ0n) is 13.6. The molecule has 1 N–H and O–H groups in total. The topological polar surface area (TPSA) is 39.1 Å². The Balaban J connectivity index is 1.77.